The Labute approximate surface area is 162 Å². The molecule has 1 unspecified atom stereocenters. The van der Waals surface area contributed by atoms with Crippen molar-refractivity contribution in [3.05, 3.63) is 27.9 Å². The van der Waals surface area contributed by atoms with Gasteiger partial charge in [-0.3, -0.25) is 9.67 Å². The third kappa shape index (κ3) is 2.46. The van der Waals surface area contributed by atoms with Gasteiger partial charge in [0.2, 0.25) is 0 Å². The number of aromatic nitrogens is 2. The molecular formula is C17H21ClN4O2S2. The van der Waals surface area contributed by atoms with Gasteiger partial charge in [-0.15, -0.1) is 11.3 Å². The monoisotopic (exact) mass is 412 g/mol. The minimum Gasteiger partial charge on any atom is -0.386 e. The molecule has 2 aromatic heterocycles. The maximum absolute atomic E-state index is 12.8. The van der Waals surface area contributed by atoms with Gasteiger partial charge < -0.3 is 5.73 Å². The Morgan fingerprint density at radius 3 is 2.77 bits per heavy atom. The van der Waals surface area contributed by atoms with Gasteiger partial charge in [0.1, 0.15) is 16.1 Å². The molecule has 2 aliphatic heterocycles. The van der Waals surface area contributed by atoms with Crippen LogP contribution in [0.5, 0.6) is 0 Å². The van der Waals surface area contributed by atoms with E-state index in [1.165, 1.54) is 17.0 Å². The van der Waals surface area contributed by atoms with E-state index in [9.17, 15) is 8.42 Å². The van der Waals surface area contributed by atoms with E-state index in [0.717, 1.165) is 34.7 Å². The molecule has 0 spiro atoms. The zero-order valence-electron chi connectivity index (χ0n) is 14.9. The van der Waals surface area contributed by atoms with E-state index in [2.05, 4.69) is 10.1 Å². The molecule has 0 radical (unpaired) electrons. The maximum Gasteiger partial charge on any atom is 0.165 e. The van der Waals surface area contributed by atoms with Crippen LogP contribution in [0.3, 0.4) is 0 Å². The summed E-state index contributed by atoms with van der Waals surface area (Å²) in [7, 11) is -3.46. The average Bonchev–Trinajstić information content (AvgIpc) is 3.19. The van der Waals surface area contributed by atoms with Crippen molar-refractivity contribution >= 4 is 38.6 Å². The molecule has 0 saturated heterocycles. The van der Waals surface area contributed by atoms with Crippen LogP contribution >= 0.6 is 22.9 Å². The van der Waals surface area contributed by atoms with E-state index in [-0.39, 0.29) is 11.6 Å². The van der Waals surface area contributed by atoms with Gasteiger partial charge in [-0.2, -0.15) is 5.10 Å². The molecule has 2 aliphatic rings. The molecule has 140 valence electrons. The molecule has 6 nitrogen and oxygen atoms in total. The number of thiophene rings is 1. The van der Waals surface area contributed by atoms with Crippen LogP contribution < -0.4 is 5.73 Å². The molecule has 9 heteroatoms. The standard InChI is InChI=1S/C17H21ClN4O2S2/c1-16(2)15(19)21-17(3,9-26(16,23)24)14-11(18)7-13(25-14)10-8-20-22-6-4-5-12(10)22/h7-8H,4-6,9H2,1-3H3,(H2,19,21). The summed E-state index contributed by atoms with van der Waals surface area (Å²) in [6, 6.07) is 1.89. The Morgan fingerprint density at radius 1 is 1.35 bits per heavy atom. The van der Waals surface area contributed by atoms with Gasteiger partial charge in [-0.1, -0.05) is 11.6 Å². The van der Waals surface area contributed by atoms with Gasteiger partial charge in [-0.25, -0.2) is 8.42 Å². The Hall–Kier alpha value is -1.38. The summed E-state index contributed by atoms with van der Waals surface area (Å²) in [5.41, 5.74) is 7.35. The first-order chi connectivity index (χ1) is 12.1. The molecular weight excluding hydrogens is 392 g/mol. The largest absolute Gasteiger partial charge is 0.386 e. The number of aliphatic imine (C=N–C) groups is 1. The highest BCUT2D eigenvalue weighted by Gasteiger charge is 2.49. The fourth-order valence-electron chi connectivity index (χ4n) is 3.60. The zero-order valence-corrected chi connectivity index (χ0v) is 17.3. The highest BCUT2D eigenvalue weighted by Crippen LogP contribution is 2.46. The Morgan fingerprint density at radius 2 is 2.08 bits per heavy atom. The molecule has 0 fully saturated rings. The van der Waals surface area contributed by atoms with E-state index in [0.29, 0.717) is 5.02 Å². The molecule has 0 saturated carbocycles. The number of fused-ring (bicyclic) bond motifs is 1. The average molecular weight is 413 g/mol. The number of sulfone groups is 1. The lowest BCUT2D eigenvalue weighted by Crippen LogP contribution is -2.54. The van der Waals surface area contributed by atoms with Crippen LogP contribution in [0.2, 0.25) is 5.02 Å². The molecule has 4 heterocycles. The fourth-order valence-corrected chi connectivity index (χ4v) is 7.03. The second-order valence-electron chi connectivity index (χ2n) is 7.66. The number of nitrogens with two attached hydrogens (primary N) is 1. The second-order valence-corrected chi connectivity index (χ2v) is 11.7. The molecule has 0 bridgehead atoms. The smallest absolute Gasteiger partial charge is 0.165 e. The van der Waals surface area contributed by atoms with Gasteiger partial charge in [0.25, 0.3) is 0 Å². The van der Waals surface area contributed by atoms with Crippen molar-refractivity contribution in [3.63, 3.8) is 0 Å². The van der Waals surface area contributed by atoms with E-state index < -0.39 is 20.1 Å². The fraction of sp³-hybridized carbons (Fsp3) is 0.529. The minimum atomic E-state index is -3.46. The zero-order chi connectivity index (χ0) is 18.9. The SMILES string of the molecule is CC1(c2sc(-c3cnn4c3CCC4)cc2Cl)CS(=O)(=O)C(C)(C)C(N)=N1. The van der Waals surface area contributed by atoms with Crippen LogP contribution in [-0.2, 0) is 28.3 Å². The summed E-state index contributed by atoms with van der Waals surface area (Å²) < 4.78 is 26.4. The molecule has 1 atom stereocenters. The maximum atomic E-state index is 12.8. The summed E-state index contributed by atoms with van der Waals surface area (Å²) in [6.07, 6.45) is 3.94. The van der Waals surface area contributed by atoms with Gasteiger partial charge in [0, 0.05) is 22.7 Å². The number of rotatable bonds is 2. The van der Waals surface area contributed by atoms with Crippen molar-refractivity contribution < 1.29 is 8.42 Å². The molecule has 26 heavy (non-hydrogen) atoms. The van der Waals surface area contributed by atoms with Gasteiger partial charge in [0.15, 0.2) is 9.84 Å². The first-order valence-electron chi connectivity index (χ1n) is 8.48. The van der Waals surface area contributed by atoms with Crippen LogP contribution in [0.15, 0.2) is 17.3 Å². The van der Waals surface area contributed by atoms with Crippen LogP contribution in [-0.4, -0.2) is 34.5 Å². The number of hydrogen-bond acceptors (Lipinski definition) is 6. The third-order valence-corrected chi connectivity index (χ3v) is 9.94. The minimum absolute atomic E-state index is 0.112. The van der Waals surface area contributed by atoms with Crippen molar-refractivity contribution in [3.8, 4) is 10.4 Å². The van der Waals surface area contributed by atoms with Crippen molar-refractivity contribution in [1.29, 1.82) is 0 Å². The number of nitrogens with zero attached hydrogens (tertiary/aromatic N) is 3. The summed E-state index contributed by atoms with van der Waals surface area (Å²) in [4.78, 5) is 6.30. The molecule has 2 N–H and O–H groups in total. The predicted molar refractivity (Wildman–Crippen MR) is 106 cm³/mol. The summed E-state index contributed by atoms with van der Waals surface area (Å²) >= 11 is 8.01. The van der Waals surface area contributed by atoms with Crippen LogP contribution in [0.25, 0.3) is 10.4 Å². The summed E-state index contributed by atoms with van der Waals surface area (Å²) in [6.45, 7) is 5.92. The molecule has 0 aliphatic carbocycles. The van der Waals surface area contributed by atoms with Crippen molar-refractivity contribution in [2.45, 2.75) is 50.4 Å². The lowest BCUT2D eigenvalue weighted by atomic mass is 10.0. The first-order valence-corrected chi connectivity index (χ1v) is 11.3. The van der Waals surface area contributed by atoms with Crippen molar-refractivity contribution in [2.24, 2.45) is 10.7 Å². The Bertz CT molecular complexity index is 1040. The number of aryl methyl sites for hydroxylation is 1. The predicted octanol–water partition coefficient (Wildman–Crippen LogP) is 2.99. The molecule has 4 rings (SSSR count). The van der Waals surface area contributed by atoms with Gasteiger partial charge in [0.05, 0.1) is 21.8 Å². The normalized spacial score (nSPS) is 26.5. The molecule has 0 amide bonds. The number of halogens is 1. The van der Waals surface area contributed by atoms with Crippen molar-refractivity contribution in [2.75, 3.05) is 5.75 Å². The third-order valence-electron chi connectivity index (χ3n) is 5.41. The summed E-state index contributed by atoms with van der Waals surface area (Å²) in [5.74, 6) is 0.0168. The summed E-state index contributed by atoms with van der Waals surface area (Å²) in [5, 5.41) is 4.96. The molecule has 2 aromatic rings. The van der Waals surface area contributed by atoms with Crippen LogP contribution in [0.4, 0.5) is 0 Å². The van der Waals surface area contributed by atoms with E-state index in [1.807, 2.05) is 16.9 Å². The highest BCUT2D eigenvalue weighted by molar-refractivity contribution is 7.93. The lowest BCUT2D eigenvalue weighted by Gasteiger charge is -2.37. The van der Waals surface area contributed by atoms with E-state index >= 15 is 0 Å². The first kappa shape index (κ1) is 18.0. The molecule has 0 aromatic carbocycles. The quantitative estimate of drug-likeness (QED) is 0.820. The second kappa shape index (κ2) is 5.56. The number of hydrogen-bond donors (Lipinski definition) is 1. The Kier molecular flexibility index (Phi) is 3.85. The van der Waals surface area contributed by atoms with E-state index in [4.69, 9.17) is 17.3 Å². The highest BCUT2D eigenvalue weighted by atomic mass is 35.5. The number of amidine groups is 1. The van der Waals surface area contributed by atoms with Crippen LogP contribution in [0, 0.1) is 0 Å². The Balaban J connectivity index is 1.82. The topological polar surface area (TPSA) is 90.3 Å². The van der Waals surface area contributed by atoms with Crippen LogP contribution in [0.1, 0.15) is 37.8 Å². The van der Waals surface area contributed by atoms with Gasteiger partial charge >= 0.3 is 0 Å². The van der Waals surface area contributed by atoms with E-state index in [1.54, 1.807) is 20.8 Å². The van der Waals surface area contributed by atoms with Gasteiger partial charge in [-0.05, 0) is 39.7 Å². The lowest BCUT2D eigenvalue weighted by molar-refractivity contribution is 0.507. The van der Waals surface area contributed by atoms with Crippen molar-refractivity contribution in [1.82, 2.24) is 9.78 Å².